The van der Waals surface area contributed by atoms with Crippen molar-refractivity contribution < 1.29 is 5.11 Å². The standard InChI is InChI=1S/C11H16BrNO/c1-11(2,7-13-8-14)9-3-5-10(12)6-4-9/h3-6,13-14H,7-8H2,1-2H3. The van der Waals surface area contributed by atoms with Crippen molar-refractivity contribution >= 4 is 15.9 Å². The van der Waals surface area contributed by atoms with Gasteiger partial charge in [0.05, 0.1) is 6.73 Å². The van der Waals surface area contributed by atoms with Gasteiger partial charge in [-0.25, -0.2) is 0 Å². The maximum Gasteiger partial charge on any atom is 0.0931 e. The van der Waals surface area contributed by atoms with Crippen LogP contribution in [0.1, 0.15) is 19.4 Å². The zero-order chi connectivity index (χ0) is 10.6. The largest absolute Gasteiger partial charge is 0.381 e. The smallest absolute Gasteiger partial charge is 0.0931 e. The minimum absolute atomic E-state index is 0.0277. The van der Waals surface area contributed by atoms with E-state index in [0.29, 0.717) is 0 Å². The molecule has 1 rings (SSSR count). The van der Waals surface area contributed by atoms with Crippen LogP contribution >= 0.6 is 15.9 Å². The Labute approximate surface area is 93.5 Å². The van der Waals surface area contributed by atoms with E-state index in [4.69, 9.17) is 5.11 Å². The van der Waals surface area contributed by atoms with Crippen molar-refractivity contribution in [1.29, 1.82) is 0 Å². The molecule has 3 heteroatoms. The Morgan fingerprint density at radius 3 is 2.36 bits per heavy atom. The van der Waals surface area contributed by atoms with Gasteiger partial charge < -0.3 is 5.11 Å². The predicted molar refractivity (Wildman–Crippen MR) is 62.3 cm³/mol. The Balaban J connectivity index is 2.75. The fourth-order valence-corrected chi connectivity index (χ4v) is 1.64. The number of aliphatic hydroxyl groups is 1. The molecule has 1 aromatic carbocycles. The van der Waals surface area contributed by atoms with E-state index in [9.17, 15) is 0 Å². The van der Waals surface area contributed by atoms with Gasteiger partial charge in [-0.3, -0.25) is 5.32 Å². The van der Waals surface area contributed by atoms with Crippen molar-refractivity contribution in [2.45, 2.75) is 19.3 Å². The highest BCUT2D eigenvalue weighted by Crippen LogP contribution is 2.23. The molecule has 0 spiro atoms. The van der Waals surface area contributed by atoms with Crippen molar-refractivity contribution in [1.82, 2.24) is 5.32 Å². The second-order valence-corrected chi connectivity index (χ2v) is 4.89. The first-order valence-corrected chi connectivity index (χ1v) is 5.43. The monoisotopic (exact) mass is 257 g/mol. The number of nitrogens with one attached hydrogen (secondary N) is 1. The van der Waals surface area contributed by atoms with Gasteiger partial charge in [0.2, 0.25) is 0 Å². The molecule has 0 heterocycles. The fourth-order valence-electron chi connectivity index (χ4n) is 1.37. The number of hydrogen-bond acceptors (Lipinski definition) is 2. The topological polar surface area (TPSA) is 32.3 Å². The van der Waals surface area contributed by atoms with E-state index in [1.54, 1.807) is 0 Å². The second kappa shape index (κ2) is 4.91. The summed E-state index contributed by atoms with van der Waals surface area (Å²) in [7, 11) is 0. The molecule has 2 nitrogen and oxygen atoms in total. The number of benzene rings is 1. The average Bonchev–Trinajstić information content (AvgIpc) is 2.16. The van der Waals surface area contributed by atoms with Gasteiger partial charge in [-0.2, -0.15) is 0 Å². The van der Waals surface area contributed by atoms with E-state index in [1.165, 1.54) is 5.56 Å². The molecular formula is C11H16BrNO. The Kier molecular flexibility index (Phi) is 4.11. The third kappa shape index (κ3) is 3.08. The summed E-state index contributed by atoms with van der Waals surface area (Å²) in [5.41, 5.74) is 1.31. The molecule has 0 radical (unpaired) electrons. The molecule has 0 amide bonds. The van der Waals surface area contributed by atoms with Gasteiger partial charge in [-0.05, 0) is 17.7 Å². The van der Waals surface area contributed by atoms with Gasteiger partial charge in [0, 0.05) is 16.4 Å². The van der Waals surface area contributed by atoms with Crippen molar-refractivity contribution in [2.75, 3.05) is 13.3 Å². The molecule has 0 aliphatic rings. The van der Waals surface area contributed by atoms with Crippen LogP contribution in [0, 0.1) is 0 Å². The Morgan fingerprint density at radius 2 is 1.86 bits per heavy atom. The summed E-state index contributed by atoms with van der Waals surface area (Å²) >= 11 is 3.41. The molecule has 0 atom stereocenters. The first-order valence-electron chi connectivity index (χ1n) is 4.64. The molecule has 0 aliphatic heterocycles. The lowest BCUT2D eigenvalue weighted by molar-refractivity contribution is 0.247. The quantitative estimate of drug-likeness (QED) is 0.812. The highest BCUT2D eigenvalue weighted by Gasteiger charge is 2.19. The summed E-state index contributed by atoms with van der Waals surface area (Å²) in [6.45, 7) is 5.10. The third-order valence-corrected chi connectivity index (χ3v) is 2.83. The molecule has 0 aromatic heterocycles. The first kappa shape index (κ1) is 11.7. The van der Waals surface area contributed by atoms with Gasteiger partial charge in [0.25, 0.3) is 0 Å². The van der Waals surface area contributed by atoms with Crippen LogP contribution in [0.4, 0.5) is 0 Å². The van der Waals surface area contributed by atoms with Crippen LogP contribution in [0.15, 0.2) is 28.7 Å². The van der Waals surface area contributed by atoms with Crippen LogP contribution in [0.5, 0.6) is 0 Å². The first-order chi connectivity index (χ1) is 6.56. The molecule has 0 bridgehead atoms. The van der Waals surface area contributed by atoms with Crippen molar-refractivity contribution in [3.05, 3.63) is 34.3 Å². The molecule has 0 fully saturated rings. The predicted octanol–water partition coefficient (Wildman–Crippen LogP) is 2.27. The summed E-state index contributed by atoms with van der Waals surface area (Å²) in [6.07, 6.45) is 0. The molecule has 0 unspecified atom stereocenters. The Bertz CT molecular complexity index is 282. The lowest BCUT2D eigenvalue weighted by Crippen LogP contribution is -2.33. The molecule has 0 saturated carbocycles. The van der Waals surface area contributed by atoms with Gasteiger partial charge in [0.1, 0.15) is 0 Å². The van der Waals surface area contributed by atoms with E-state index < -0.39 is 0 Å². The maximum atomic E-state index is 8.70. The minimum atomic E-state index is 0.0277. The zero-order valence-corrected chi connectivity index (χ0v) is 10.1. The zero-order valence-electron chi connectivity index (χ0n) is 8.55. The molecule has 2 N–H and O–H groups in total. The normalized spacial score (nSPS) is 11.7. The molecule has 1 aromatic rings. The molecule has 0 aliphatic carbocycles. The summed E-state index contributed by atoms with van der Waals surface area (Å²) in [5, 5.41) is 11.6. The van der Waals surface area contributed by atoms with Crippen LogP contribution < -0.4 is 5.32 Å². The molecular weight excluding hydrogens is 242 g/mol. The summed E-state index contributed by atoms with van der Waals surface area (Å²) < 4.78 is 1.09. The SMILES string of the molecule is CC(C)(CNCO)c1ccc(Br)cc1. The van der Waals surface area contributed by atoms with Crippen molar-refractivity contribution in [2.24, 2.45) is 0 Å². The fraction of sp³-hybridized carbons (Fsp3) is 0.455. The van der Waals surface area contributed by atoms with Crippen LogP contribution in [-0.4, -0.2) is 18.4 Å². The van der Waals surface area contributed by atoms with E-state index in [1.807, 2.05) is 12.1 Å². The summed E-state index contributed by atoms with van der Waals surface area (Å²) in [6, 6.07) is 8.28. The number of aliphatic hydroxyl groups excluding tert-OH is 1. The van der Waals surface area contributed by atoms with Crippen LogP contribution in [0.3, 0.4) is 0 Å². The summed E-state index contributed by atoms with van der Waals surface area (Å²) in [4.78, 5) is 0. The molecule has 0 saturated heterocycles. The van der Waals surface area contributed by atoms with E-state index >= 15 is 0 Å². The van der Waals surface area contributed by atoms with E-state index in [-0.39, 0.29) is 12.1 Å². The van der Waals surface area contributed by atoms with E-state index in [0.717, 1.165) is 11.0 Å². The average molecular weight is 258 g/mol. The highest BCUT2D eigenvalue weighted by atomic mass is 79.9. The van der Waals surface area contributed by atoms with Crippen LogP contribution in [0.25, 0.3) is 0 Å². The van der Waals surface area contributed by atoms with Crippen molar-refractivity contribution in [3.63, 3.8) is 0 Å². The highest BCUT2D eigenvalue weighted by molar-refractivity contribution is 9.10. The lowest BCUT2D eigenvalue weighted by Gasteiger charge is -2.25. The van der Waals surface area contributed by atoms with Crippen LogP contribution in [0.2, 0.25) is 0 Å². The summed E-state index contributed by atoms with van der Waals surface area (Å²) in [5.74, 6) is 0. The van der Waals surface area contributed by atoms with E-state index in [2.05, 4.69) is 47.2 Å². The number of hydrogen-bond donors (Lipinski definition) is 2. The van der Waals surface area contributed by atoms with Gasteiger partial charge >= 0.3 is 0 Å². The van der Waals surface area contributed by atoms with Crippen molar-refractivity contribution in [3.8, 4) is 0 Å². The molecule has 78 valence electrons. The molecule has 14 heavy (non-hydrogen) atoms. The Morgan fingerprint density at radius 1 is 1.29 bits per heavy atom. The number of halogens is 1. The van der Waals surface area contributed by atoms with Gasteiger partial charge in [-0.15, -0.1) is 0 Å². The second-order valence-electron chi connectivity index (χ2n) is 3.98. The lowest BCUT2D eigenvalue weighted by atomic mass is 9.85. The Hall–Kier alpha value is -0.380. The van der Waals surface area contributed by atoms with Gasteiger partial charge in [-0.1, -0.05) is 41.9 Å². The van der Waals surface area contributed by atoms with Crippen LogP contribution in [-0.2, 0) is 5.41 Å². The number of rotatable bonds is 4. The van der Waals surface area contributed by atoms with Gasteiger partial charge in [0.15, 0.2) is 0 Å². The minimum Gasteiger partial charge on any atom is -0.381 e. The third-order valence-electron chi connectivity index (χ3n) is 2.30. The maximum absolute atomic E-state index is 8.70.